The highest BCUT2D eigenvalue weighted by Gasteiger charge is 2.23. The van der Waals surface area contributed by atoms with E-state index in [0.29, 0.717) is 17.6 Å². The predicted molar refractivity (Wildman–Crippen MR) is 79.8 cm³/mol. The summed E-state index contributed by atoms with van der Waals surface area (Å²) >= 11 is 0. The number of aromatic nitrogens is 2. The van der Waals surface area contributed by atoms with Gasteiger partial charge in [-0.2, -0.15) is 0 Å². The van der Waals surface area contributed by atoms with Gasteiger partial charge in [-0.3, -0.25) is 4.79 Å². The number of hydrogen-bond acceptors (Lipinski definition) is 4. The lowest BCUT2D eigenvalue weighted by Crippen LogP contribution is -2.37. The fraction of sp³-hybridized carbons (Fsp3) is 0.667. The van der Waals surface area contributed by atoms with Crippen molar-refractivity contribution in [1.29, 1.82) is 0 Å². The largest absolute Gasteiger partial charge is 0.369 e. The standard InChI is InChI=1S/C15H24N4O/c1-3-16-14-11-17-13(10-18-14)15(20)19(2)12-8-6-4-5-7-9-12/h10-12H,3-9H2,1-2H3,(H,16,18). The monoisotopic (exact) mass is 276 g/mol. The van der Waals surface area contributed by atoms with Crippen LogP contribution in [-0.2, 0) is 0 Å². The summed E-state index contributed by atoms with van der Waals surface area (Å²) in [5, 5.41) is 3.08. The van der Waals surface area contributed by atoms with Gasteiger partial charge in [0.05, 0.1) is 12.4 Å². The number of carbonyl (C=O) groups is 1. The Morgan fingerprint density at radius 1 is 1.25 bits per heavy atom. The highest BCUT2D eigenvalue weighted by molar-refractivity contribution is 5.92. The molecule has 5 heteroatoms. The highest BCUT2D eigenvalue weighted by Crippen LogP contribution is 2.22. The Morgan fingerprint density at radius 3 is 2.50 bits per heavy atom. The molecule has 1 N–H and O–H groups in total. The SMILES string of the molecule is CCNc1cnc(C(=O)N(C)C2CCCCCC2)cn1. The molecule has 1 aromatic rings. The minimum absolute atomic E-state index is 0.0209. The van der Waals surface area contributed by atoms with Crippen LogP contribution in [0.4, 0.5) is 5.82 Å². The van der Waals surface area contributed by atoms with E-state index in [0.717, 1.165) is 19.4 Å². The van der Waals surface area contributed by atoms with Gasteiger partial charge in [-0.1, -0.05) is 25.7 Å². The normalized spacial score (nSPS) is 16.5. The molecule has 0 saturated heterocycles. The summed E-state index contributed by atoms with van der Waals surface area (Å²) in [6.07, 6.45) is 10.4. The lowest BCUT2D eigenvalue weighted by atomic mass is 10.1. The Hall–Kier alpha value is -1.65. The van der Waals surface area contributed by atoms with Gasteiger partial charge in [0.2, 0.25) is 0 Å². The molecule has 0 radical (unpaired) electrons. The Morgan fingerprint density at radius 2 is 1.95 bits per heavy atom. The van der Waals surface area contributed by atoms with Crippen LogP contribution in [0.2, 0.25) is 0 Å². The minimum atomic E-state index is -0.0209. The summed E-state index contributed by atoms with van der Waals surface area (Å²) < 4.78 is 0. The van der Waals surface area contributed by atoms with Gasteiger partial charge in [0.1, 0.15) is 11.5 Å². The first-order valence-corrected chi connectivity index (χ1v) is 7.55. The molecular formula is C15H24N4O. The quantitative estimate of drug-likeness (QED) is 0.859. The smallest absolute Gasteiger partial charge is 0.274 e. The second-order valence-corrected chi connectivity index (χ2v) is 5.38. The average Bonchev–Trinajstić information content (AvgIpc) is 2.76. The third-order valence-corrected chi connectivity index (χ3v) is 3.92. The number of hydrogen-bond donors (Lipinski definition) is 1. The van der Waals surface area contributed by atoms with E-state index in [1.165, 1.54) is 25.7 Å². The van der Waals surface area contributed by atoms with E-state index in [4.69, 9.17) is 0 Å². The van der Waals surface area contributed by atoms with Crippen LogP contribution < -0.4 is 5.32 Å². The maximum absolute atomic E-state index is 12.4. The Kier molecular flexibility index (Phi) is 5.32. The van der Waals surface area contributed by atoms with Crippen LogP contribution in [0.1, 0.15) is 55.9 Å². The average molecular weight is 276 g/mol. The molecule has 1 saturated carbocycles. The summed E-state index contributed by atoms with van der Waals surface area (Å²) in [5.41, 5.74) is 0.429. The van der Waals surface area contributed by atoms with Gasteiger partial charge in [-0.15, -0.1) is 0 Å². The van der Waals surface area contributed by atoms with E-state index in [-0.39, 0.29) is 5.91 Å². The fourth-order valence-corrected chi connectivity index (χ4v) is 2.70. The second-order valence-electron chi connectivity index (χ2n) is 5.38. The molecule has 0 aromatic carbocycles. The van der Waals surface area contributed by atoms with Crippen LogP contribution in [0.3, 0.4) is 0 Å². The molecule has 0 unspecified atom stereocenters. The molecule has 5 nitrogen and oxygen atoms in total. The Balaban J connectivity index is 2.01. The first kappa shape index (κ1) is 14.8. The van der Waals surface area contributed by atoms with Crippen molar-refractivity contribution < 1.29 is 4.79 Å². The number of nitrogens with zero attached hydrogens (tertiary/aromatic N) is 3. The summed E-state index contributed by atoms with van der Waals surface area (Å²) in [7, 11) is 1.89. The van der Waals surface area contributed by atoms with Crippen molar-refractivity contribution in [3.05, 3.63) is 18.1 Å². The molecular weight excluding hydrogens is 252 g/mol. The van der Waals surface area contributed by atoms with Gasteiger partial charge >= 0.3 is 0 Å². The van der Waals surface area contributed by atoms with Crippen LogP contribution >= 0.6 is 0 Å². The third kappa shape index (κ3) is 3.68. The maximum atomic E-state index is 12.4. The molecule has 110 valence electrons. The third-order valence-electron chi connectivity index (χ3n) is 3.92. The van der Waals surface area contributed by atoms with Crippen molar-refractivity contribution in [2.75, 3.05) is 18.9 Å². The van der Waals surface area contributed by atoms with Crippen molar-refractivity contribution in [3.63, 3.8) is 0 Å². The van der Waals surface area contributed by atoms with Gasteiger partial charge in [-0.25, -0.2) is 9.97 Å². The molecule has 0 atom stereocenters. The van der Waals surface area contributed by atoms with Gasteiger partial charge < -0.3 is 10.2 Å². The topological polar surface area (TPSA) is 58.1 Å². The zero-order valence-corrected chi connectivity index (χ0v) is 12.4. The van der Waals surface area contributed by atoms with Gasteiger partial charge in [0.25, 0.3) is 5.91 Å². The maximum Gasteiger partial charge on any atom is 0.274 e. The molecule has 1 amide bonds. The van der Waals surface area contributed by atoms with Crippen molar-refractivity contribution in [2.24, 2.45) is 0 Å². The second kappa shape index (κ2) is 7.22. The zero-order chi connectivity index (χ0) is 14.4. The first-order valence-electron chi connectivity index (χ1n) is 7.55. The highest BCUT2D eigenvalue weighted by atomic mass is 16.2. The van der Waals surface area contributed by atoms with Crippen LogP contribution in [0.25, 0.3) is 0 Å². The van der Waals surface area contributed by atoms with Crippen LogP contribution in [0.15, 0.2) is 12.4 Å². The molecule has 0 aliphatic heterocycles. The molecule has 1 fully saturated rings. The molecule has 1 aliphatic rings. The lowest BCUT2D eigenvalue weighted by Gasteiger charge is -2.26. The van der Waals surface area contributed by atoms with Crippen molar-refractivity contribution >= 4 is 11.7 Å². The van der Waals surface area contributed by atoms with E-state index in [9.17, 15) is 4.79 Å². The van der Waals surface area contributed by atoms with E-state index >= 15 is 0 Å². The van der Waals surface area contributed by atoms with E-state index < -0.39 is 0 Å². The molecule has 1 heterocycles. The Labute approximate surface area is 120 Å². The van der Waals surface area contributed by atoms with Gasteiger partial charge in [0, 0.05) is 19.6 Å². The predicted octanol–water partition coefficient (Wildman–Crippen LogP) is 2.70. The van der Waals surface area contributed by atoms with E-state index in [1.54, 1.807) is 12.4 Å². The van der Waals surface area contributed by atoms with Gasteiger partial charge in [0.15, 0.2) is 0 Å². The molecule has 1 aromatic heterocycles. The summed E-state index contributed by atoms with van der Waals surface area (Å²) in [6, 6.07) is 0.347. The minimum Gasteiger partial charge on any atom is -0.369 e. The first-order chi connectivity index (χ1) is 9.72. The van der Waals surface area contributed by atoms with Crippen LogP contribution in [-0.4, -0.2) is 40.4 Å². The summed E-state index contributed by atoms with van der Waals surface area (Å²) in [5.74, 6) is 0.689. The van der Waals surface area contributed by atoms with Crippen LogP contribution in [0.5, 0.6) is 0 Å². The van der Waals surface area contributed by atoms with Gasteiger partial charge in [-0.05, 0) is 19.8 Å². The van der Waals surface area contributed by atoms with Crippen molar-refractivity contribution in [1.82, 2.24) is 14.9 Å². The zero-order valence-electron chi connectivity index (χ0n) is 12.4. The molecule has 0 bridgehead atoms. The fourth-order valence-electron chi connectivity index (χ4n) is 2.70. The Bertz CT molecular complexity index is 424. The lowest BCUT2D eigenvalue weighted by molar-refractivity contribution is 0.0711. The summed E-state index contributed by atoms with van der Waals surface area (Å²) in [4.78, 5) is 22.7. The number of rotatable bonds is 4. The number of amides is 1. The van der Waals surface area contributed by atoms with Crippen molar-refractivity contribution in [3.8, 4) is 0 Å². The van der Waals surface area contributed by atoms with Crippen LogP contribution in [0, 0.1) is 0 Å². The molecule has 20 heavy (non-hydrogen) atoms. The molecule has 0 spiro atoms. The van der Waals surface area contributed by atoms with Crippen molar-refractivity contribution in [2.45, 2.75) is 51.5 Å². The van der Waals surface area contributed by atoms with E-state index in [2.05, 4.69) is 15.3 Å². The molecule has 2 rings (SSSR count). The van der Waals surface area contributed by atoms with E-state index in [1.807, 2.05) is 18.9 Å². The number of nitrogens with one attached hydrogen (secondary N) is 1. The number of carbonyl (C=O) groups excluding carboxylic acids is 1. The number of anilines is 1. The summed E-state index contributed by atoms with van der Waals surface area (Å²) in [6.45, 7) is 2.80. The molecule has 1 aliphatic carbocycles.